The molecule has 0 fully saturated rings. The van der Waals surface area contributed by atoms with Crippen LogP contribution in [-0.4, -0.2) is 47.8 Å². The number of hydrogen-bond donors (Lipinski definition) is 2. The first kappa shape index (κ1) is 16.1. The number of alkyl halides is 1. The van der Waals surface area contributed by atoms with Crippen LogP contribution in [0.2, 0.25) is 0 Å². The monoisotopic (exact) mass is 292 g/mol. The molecule has 0 spiro atoms. The SMILES string of the molecule is CC(CCl)CS(=O)(=O)NCCNS(C)(=O)=O. The maximum atomic E-state index is 11.4. The van der Waals surface area contributed by atoms with E-state index in [1.165, 1.54) is 0 Å². The van der Waals surface area contributed by atoms with Crippen LogP contribution in [0, 0.1) is 5.92 Å². The van der Waals surface area contributed by atoms with Gasteiger partial charge in [-0.05, 0) is 5.92 Å². The van der Waals surface area contributed by atoms with Crippen LogP contribution in [0.3, 0.4) is 0 Å². The highest BCUT2D eigenvalue weighted by Crippen LogP contribution is 2.01. The van der Waals surface area contributed by atoms with Crippen molar-refractivity contribution in [2.45, 2.75) is 6.92 Å². The molecular formula is C7H17ClN2O4S2. The minimum absolute atomic E-state index is 0.0322. The van der Waals surface area contributed by atoms with E-state index in [4.69, 9.17) is 11.6 Å². The van der Waals surface area contributed by atoms with Crippen LogP contribution < -0.4 is 9.44 Å². The van der Waals surface area contributed by atoms with Gasteiger partial charge in [0.05, 0.1) is 12.0 Å². The van der Waals surface area contributed by atoms with E-state index in [1.807, 2.05) is 0 Å². The van der Waals surface area contributed by atoms with Crippen molar-refractivity contribution >= 4 is 31.6 Å². The molecule has 1 unspecified atom stereocenters. The zero-order valence-corrected chi connectivity index (χ0v) is 11.6. The van der Waals surface area contributed by atoms with Gasteiger partial charge in [0, 0.05) is 19.0 Å². The predicted octanol–water partition coefficient (Wildman–Crippen LogP) is -0.670. The molecule has 0 aromatic heterocycles. The first-order valence-electron chi connectivity index (χ1n) is 4.64. The maximum Gasteiger partial charge on any atom is 0.211 e. The largest absolute Gasteiger partial charge is 0.214 e. The smallest absolute Gasteiger partial charge is 0.211 e. The molecule has 0 heterocycles. The Morgan fingerprint density at radius 1 is 1.12 bits per heavy atom. The first-order chi connectivity index (χ1) is 7.16. The van der Waals surface area contributed by atoms with Crippen LogP contribution in [0.15, 0.2) is 0 Å². The third-order valence-electron chi connectivity index (χ3n) is 1.58. The van der Waals surface area contributed by atoms with Crippen molar-refractivity contribution in [1.29, 1.82) is 0 Å². The molecule has 98 valence electrons. The standard InChI is InChI=1S/C7H17ClN2O4S2/c1-7(5-8)6-16(13,14)10-4-3-9-15(2,11)12/h7,9-10H,3-6H2,1-2H3. The van der Waals surface area contributed by atoms with E-state index in [0.717, 1.165) is 6.26 Å². The molecule has 0 aliphatic rings. The van der Waals surface area contributed by atoms with E-state index in [0.29, 0.717) is 0 Å². The zero-order chi connectivity index (χ0) is 12.8. The van der Waals surface area contributed by atoms with E-state index in [2.05, 4.69) is 9.44 Å². The van der Waals surface area contributed by atoms with Crippen LogP contribution in [0.1, 0.15) is 6.92 Å². The van der Waals surface area contributed by atoms with Crippen LogP contribution in [0.5, 0.6) is 0 Å². The lowest BCUT2D eigenvalue weighted by atomic mass is 10.3. The Kier molecular flexibility index (Phi) is 6.80. The molecule has 0 bridgehead atoms. The Bertz CT molecular complexity index is 393. The summed E-state index contributed by atoms with van der Waals surface area (Å²) in [6.07, 6.45) is 1.01. The number of rotatable bonds is 8. The predicted molar refractivity (Wildman–Crippen MR) is 64.5 cm³/mol. The molecule has 1 atom stereocenters. The van der Waals surface area contributed by atoms with Crippen LogP contribution in [0.25, 0.3) is 0 Å². The number of sulfonamides is 2. The van der Waals surface area contributed by atoms with Crippen LogP contribution in [-0.2, 0) is 20.0 Å². The molecule has 0 saturated heterocycles. The topological polar surface area (TPSA) is 92.3 Å². The van der Waals surface area contributed by atoms with Gasteiger partial charge in [0.1, 0.15) is 0 Å². The zero-order valence-electron chi connectivity index (χ0n) is 9.23. The minimum atomic E-state index is -3.38. The molecule has 0 aliphatic heterocycles. The highest BCUT2D eigenvalue weighted by molar-refractivity contribution is 7.89. The first-order valence-corrected chi connectivity index (χ1v) is 8.72. The summed E-state index contributed by atoms with van der Waals surface area (Å²) in [5.74, 6) is 0.0692. The van der Waals surface area contributed by atoms with Crippen molar-refractivity contribution in [3.8, 4) is 0 Å². The van der Waals surface area contributed by atoms with Gasteiger partial charge in [-0.2, -0.15) is 0 Å². The Hall–Kier alpha value is 0.110. The quantitative estimate of drug-likeness (QED) is 0.458. The van der Waals surface area contributed by atoms with E-state index in [9.17, 15) is 16.8 Å². The number of hydrogen-bond acceptors (Lipinski definition) is 4. The summed E-state index contributed by atoms with van der Waals surface area (Å²) in [7, 11) is -6.66. The lowest BCUT2D eigenvalue weighted by Crippen LogP contribution is -2.36. The Morgan fingerprint density at radius 2 is 1.62 bits per heavy atom. The summed E-state index contributed by atoms with van der Waals surface area (Å²) < 4.78 is 48.6. The third kappa shape index (κ3) is 9.34. The molecule has 0 amide bonds. The van der Waals surface area contributed by atoms with Gasteiger partial charge in [0.15, 0.2) is 0 Å². The molecule has 16 heavy (non-hydrogen) atoms. The van der Waals surface area contributed by atoms with Gasteiger partial charge in [0.25, 0.3) is 0 Å². The fraction of sp³-hybridized carbons (Fsp3) is 1.00. The van der Waals surface area contributed by atoms with Gasteiger partial charge in [0.2, 0.25) is 20.0 Å². The summed E-state index contributed by atoms with van der Waals surface area (Å²) in [4.78, 5) is 0. The summed E-state index contributed by atoms with van der Waals surface area (Å²) >= 11 is 5.50. The minimum Gasteiger partial charge on any atom is -0.214 e. The third-order valence-corrected chi connectivity index (χ3v) is 4.49. The lowest BCUT2D eigenvalue weighted by molar-refractivity contribution is 0.564. The number of halogens is 1. The van der Waals surface area contributed by atoms with Gasteiger partial charge in [-0.25, -0.2) is 26.3 Å². The maximum absolute atomic E-state index is 11.4. The van der Waals surface area contributed by atoms with E-state index >= 15 is 0 Å². The molecule has 0 radical (unpaired) electrons. The second kappa shape index (κ2) is 6.75. The van der Waals surface area contributed by atoms with E-state index in [1.54, 1.807) is 6.92 Å². The van der Waals surface area contributed by atoms with Gasteiger partial charge >= 0.3 is 0 Å². The van der Waals surface area contributed by atoms with Crippen LogP contribution in [0.4, 0.5) is 0 Å². The van der Waals surface area contributed by atoms with Crippen molar-refractivity contribution < 1.29 is 16.8 Å². The van der Waals surface area contributed by atoms with Gasteiger partial charge in [-0.15, -0.1) is 11.6 Å². The second-order valence-electron chi connectivity index (χ2n) is 3.60. The molecule has 2 N–H and O–H groups in total. The summed E-state index contributed by atoms with van der Waals surface area (Å²) in [5.41, 5.74) is 0. The van der Waals surface area contributed by atoms with E-state index < -0.39 is 20.0 Å². The van der Waals surface area contributed by atoms with Crippen molar-refractivity contribution in [3.05, 3.63) is 0 Å². The van der Waals surface area contributed by atoms with E-state index in [-0.39, 0.29) is 30.6 Å². The molecule has 6 nitrogen and oxygen atoms in total. The fourth-order valence-corrected chi connectivity index (χ4v) is 3.03. The van der Waals surface area contributed by atoms with Crippen LogP contribution >= 0.6 is 11.6 Å². The molecule has 0 rings (SSSR count). The van der Waals surface area contributed by atoms with Gasteiger partial charge < -0.3 is 0 Å². The molecule has 0 aliphatic carbocycles. The van der Waals surface area contributed by atoms with Gasteiger partial charge in [-0.1, -0.05) is 6.92 Å². The van der Waals surface area contributed by atoms with Crippen molar-refractivity contribution in [2.75, 3.05) is 31.0 Å². The number of nitrogens with one attached hydrogen (secondary N) is 2. The summed E-state index contributed by atoms with van der Waals surface area (Å²) in [6.45, 7) is 1.79. The average molecular weight is 293 g/mol. The van der Waals surface area contributed by atoms with Crippen molar-refractivity contribution in [2.24, 2.45) is 5.92 Å². The normalized spacial score (nSPS) is 14.9. The Morgan fingerprint density at radius 3 is 2.06 bits per heavy atom. The summed E-state index contributed by atoms with van der Waals surface area (Å²) in [5, 5.41) is 0. The fourth-order valence-electron chi connectivity index (χ4n) is 0.921. The molecular weight excluding hydrogens is 276 g/mol. The lowest BCUT2D eigenvalue weighted by Gasteiger charge is -2.10. The highest BCUT2D eigenvalue weighted by Gasteiger charge is 2.14. The van der Waals surface area contributed by atoms with Crippen molar-refractivity contribution in [3.63, 3.8) is 0 Å². The second-order valence-corrected chi connectivity index (χ2v) is 7.59. The Balaban J connectivity index is 3.93. The molecule has 0 aromatic rings. The molecule has 9 heteroatoms. The molecule has 0 saturated carbocycles. The summed E-state index contributed by atoms with van der Waals surface area (Å²) in [6, 6.07) is 0. The van der Waals surface area contributed by atoms with Gasteiger partial charge in [-0.3, -0.25) is 0 Å². The van der Waals surface area contributed by atoms with Crippen molar-refractivity contribution in [1.82, 2.24) is 9.44 Å². The highest BCUT2D eigenvalue weighted by atomic mass is 35.5. The molecule has 0 aromatic carbocycles. The average Bonchev–Trinajstić information content (AvgIpc) is 2.10. The Labute approximate surface area is 102 Å².